The van der Waals surface area contributed by atoms with Gasteiger partial charge in [-0.05, 0) is 58.2 Å². The molecule has 26 heavy (non-hydrogen) atoms. The zero-order valence-electron chi connectivity index (χ0n) is 13.5. The molecule has 8 nitrogen and oxygen atoms in total. The van der Waals surface area contributed by atoms with Crippen molar-refractivity contribution in [3.63, 3.8) is 0 Å². The lowest BCUT2D eigenvalue weighted by molar-refractivity contribution is -0.385. The normalized spacial score (nSPS) is 18.9. The Morgan fingerprint density at radius 3 is 2.65 bits per heavy atom. The zero-order chi connectivity index (χ0) is 18.8. The lowest BCUT2D eigenvalue weighted by Gasteiger charge is -2.18. The van der Waals surface area contributed by atoms with Crippen LogP contribution in [0.1, 0.15) is 18.4 Å². The number of hydrogen-bond donors (Lipinski definition) is 0. The van der Waals surface area contributed by atoms with Gasteiger partial charge in [-0.3, -0.25) is 29.4 Å². The minimum absolute atomic E-state index is 0.137. The second kappa shape index (κ2) is 7.58. The van der Waals surface area contributed by atoms with Gasteiger partial charge in [0.15, 0.2) is 0 Å². The first-order chi connectivity index (χ1) is 12.4. The molecule has 0 aliphatic carbocycles. The van der Waals surface area contributed by atoms with E-state index in [2.05, 4.69) is 15.9 Å². The molecule has 0 atom stereocenters. The highest BCUT2D eigenvalue weighted by Crippen LogP contribution is 2.33. The Hall–Kier alpha value is -2.20. The number of benzene rings is 1. The van der Waals surface area contributed by atoms with Crippen LogP contribution < -0.4 is 0 Å². The minimum Gasteiger partial charge on any atom is -0.341 e. The van der Waals surface area contributed by atoms with Gasteiger partial charge < -0.3 is 4.90 Å². The van der Waals surface area contributed by atoms with Gasteiger partial charge in [-0.25, -0.2) is 0 Å². The summed E-state index contributed by atoms with van der Waals surface area (Å²) in [6.07, 6.45) is 3.27. The Labute approximate surface area is 161 Å². The van der Waals surface area contributed by atoms with Gasteiger partial charge in [-0.1, -0.05) is 6.07 Å². The van der Waals surface area contributed by atoms with E-state index in [1.54, 1.807) is 11.0 Å². The van der Waals surface area contributed by atoms with Crippen molar-refractivity contribution in [2.24, 2.45) is 0 Å². The third-order valence-electron chi connectivity index (χ3n) is 4.09. The summed E-state index contributed by atoms with van der Waals surface area (Å²) in [4.78, 5) is 49.9. The fraction of sp³-hybridized carbons (Fsp3) is 0.312. The summed E-state index contributed by atoms with van der Waals surface area (Å²) in [6.45, 7) is 1.02. The molecule has 2 saturated heterocycles. The largest absolute Gasteiger partial charge is 0.341 e. The molecule has 3 amide bonds. The zero-order valence-corrected chi connectivity index (χ0v) is 15.9. The monoisotopic (exact) mass is 439 g/mol. The number of carbonyl (C=O) groups is 3. The number of carbonyl (C=O) groups excluding carboxylic acids is 3. The van der Waals surface area contributed by atoms with Crippen LogP contribution in [0.4, 0.5) is 10.5 Å². The van der Waals surface area contributed by atoms with Crippen LogP contribution in [-0.4, -0.2) is 51.4 Å². The SMILES string of the molecule is O=C(CN1C(=O)S/C(=C\c2ccc(Br)c([N+](=O)[O-])c2)C1=O)N1CCCC1. The molecule has 2 aliphatic rings. The third kappa shape index (κ3) is 3.80. The fourth-order valence-electron chi connectivity index (χ4n) is 2.75. The van der Waals surface area contributed by atoms with Crippen LogP contribution in [0.2, 0.25) is 0 Å². The predicted molar refractivity (Wildman–Crippen MR) is 99.3 cm³/mol. The van der Waals surface area contributed by atoms with E-state index in [-0.39, 0.29) is 23.0 Å². The maximum atomic E-state index is 12.5. The van der Waals surface area contributed by atoms with Crippen molar-refractivity contribution in [2.75, 3.05) is 19.6 Å². The molecule has 136 valence electrons. The second-order valence-electron chi connectivity index (χ2n) is 5.82. The van der Waals surface area contributed by atoms with E-state index in [1.807, 2.05) is 0 Å². The molecule has 10 heteroatoms. The summed E-state index contributed by atoms with van der Waals surface area (Å²) in [5, 5.41) is 10.5. The van der Waals surface area contributed by atoms with Crippen LogP contribution in [0, 0.1) is 10.1 Å². The summed E-state index contributed by atoms with van der Waals surface area (Å²) < 4.78 is 0.323. The van der Waals surface area contributed by atoms with E-state index in [9.17, 15) is 24.5 Å². The Bertz CT molecular complexity index is 835. The van der Waals surface area contributed by atoms with Gasteiger partial charge in [0, 0.05) is 19.2 Å². The molecule has 0 bridgehead atoms. The summed E-state index contributed by atoms with van der Waals surface area (Å²) in [7, 11) is 0. The van der Waals surface area contributed by atoms with Gasteiger partial charge in [0.25, 0.3) is 16.8 Å². The van der Waals surface area contributed by atoms with Crippen LogP contribution >= 0.6 is 27.7 Å². The third-order valence-corrected chi connectivity index (χ3v) is 5.67. The fourth-order valence-corrected chi connectivity index (χ4v) is 3.98. The van der Waals surface area contributed by atoms with Crippen molar-refractivity contribution in [3.8, 4) is 0 Å². The first kappa shape index (κ1) is 18.6. The first-order valence-corrected chi connectivity index (χ1v) is 9.45. The molecule has 2 fully saturated rings. The van der Waals surface area contributed by atoms with Gasteiger partial charge >= 0.3 is 0 Å². The quantitative estimate of drug-likeness (QED) is 0.405. The van der Waals surface area contributed by atoms with E-state index in [0.717, 1.165) is 29.5 Å². The Kier molecular flexibility index (Phi) is 5.42. The van der Waals surface area contributed by atoms with Gasteiger partial charge in [0.2, 0.25) is 5.91 Å². The number of nitrogens with zero attached hydrogens (tertiary/aromatic N) is 3. The Balaban J connectivity index is 1.78. The molecule has 2 heterocycles. The van der Waals surface area contributed by atoms with Crippen molar-refractivity contribution in [3.05, 3.63) is 43.3 Å². The second-order valence-corrected chi connectivity index (χ2v) is 7.67. The smallest absolute Gasteiger partial charge is 0.294 e. The molecule has 0 saturated carbocycles. The standard InChI is InChI=1S/C16H14BrN3O5S/c17-11-4-3-10(7-12(11)20(24)25)8-13-15(22)19(16(23)26-13)9-14(21)18-5-1-2-6-18/h3-4,7-8H,1-2,5-6,9H2/b13-8-. The summed E-state index contributed by atoms with van der Waals surface area (Å²) >= 11 is 3.82. The van der Waals surface area contributed by atoms with Crippen molar-refractivity contribution < 1.29 is 19.3 Å². The lowest BCUT2D eigenvalue weighted by atomic mass is 10.2. The van der Waals surface area contributed by atoms with E-state index in [4.69, 9.17) is 0 Å². The van der Waals surface area contributed by atoms with E-state index in [1.165, 1.54) is 18.2 Å². The molecule has 0 aromatic heterocycles. The number of likely N-dealkylation sites (tertiary alicyclic amines) is 1. The number of halogens is 1. The molecule has 3 rings (SSSR count). The highest BCUT2D eigenvalue weighted by molar-refractivity contribution is 9.10. The van der Waals surface area contributed by atoms with Crippen LogP contribution in [0.15, 0.2) is 27.6 Å². The number of rotatable bonds is 4. The van der Waals surface area contributed by atoms with Crippen LogP contribution in [0.25, 0.3) is 6.08 Å². The summed E-state index contributed by atoms with van der Waals surface area (Å²) in [5.41, 5.74) is 0.290. The topological polar surface area (TPSA) is 101 Å². The predicted octanol–water partition coefficient (Wildman–Crippen LogP) is 3.02. The van der Waals surface area contributed by atoms with Crippen LogP contribution in [0.3, 0.4) is 0 Å². The van der Waals surface area contributed by atoms with Crippen LogP contribution in [-0.2, 0) is 9.59 Å². The Morgan fingerprint density at radius 2 is 2.00 bits per heavy atom. The first-order valence-electron chi connectivity index (χ1n) is 7.84. The maximum Gasteiger partial charge on any atom is 0.294 e. The molecule has 0 spiro atoms. The molecule has 0 unspecified atom stereocenters. The van der Waals surface area contributed by atoms with E-state index in [0.29, 0.717) is 23.1 Å². The highest BCUT2D eigenvalue weighted by Gasteiger charge is 2.37. The molecule has 1 aromatic carbocycles. The lowest BCUT2D eigenvalue weighted by Crippen LogP contribution is -2.40. The van der Waals surface area contributed by atoms with Crippen molar-refractivity contribution in [1.82, 2.24) is 9.80 Å². The molecule has 0 radical (unpaired) electrons. The van der Waals surface area contributed by atoms with Gasteiger partial charge in [-0.2, -0.15) is 0 Å². The van der Waals surface area contributed by atoms with Gasteiger partial charge in [0.05, 0.1) is 14.3 Å². The Morgan fingerprint density at radius 1 is 1.31 bits per heavy atom. The molecular formula is C16H14BrN3O5S. The average Bonchev–Trinajstić information content (AvgIpc) is 3.21. The van der Waals surface area contributed by atoms with Crippen molar-refractivity contribution in [1.29, 1.82) is 0 Å². The molecule has 0 N–H and O–H groups in total. The number of thioether (sulfide) groups is 1. The molecule has 2 aliphatic heterocycles. The number of imide groups is 1. The average molecular weight is 440 g/mol. The van der Waals surface area contributed by atoms with Crippen molar-refractivity contribution >= 4 is 56.5 Å². The van der Waals surface area contributed by atoms with E-state index >= 15 is 0 Å². The van der Waals surface area contributed by atoms with Gasteiger partial charge in [-0.15, -0.1) is 0 Å². The number of amides is 3. The maximum absolute atomic E-state index is 12.5. The minimum atomic E-state index is -0.557. The molecular weight excluding hydrogens is 426 g/mol. The number of hydrogen-bond acceptors (Lipinski definition) is 6. The highest BCUT2D eigenvalue weighted by atomic mass is 79.9. The van der Waals surface area contributed by atoms with Gasteiger partial charge in [0.1, 0.15) is 6.54 Å². The van der Waals surface area contributed by atoms with Crippen molar-refractivity contribution in [2.45, 2.75) is 12.8 Å². The number of nitro groups is 1. The molecule has 1 aromatic rings. The number of nitro benzene ring substituents is 1. The summed E-state index contributed by atoms with van der Waals surface area (Å²) in [6, 6.07) is 4.42. The van der Waals surface area contributed by atoms with E-state index < -0.39 is 16.1 Å². The summed E-state index contributed by atoms with van der Waals surface area (Å²) in [5.74, 6) is -0.802. The van der Waals surface area contributed by atoms with Crippen LogP contribution in [0.5, 0.6) is 0 Å².